The highest BCUT2D eigenvalue weighted by atomic mass is 16.1. The van der Waals surface area contributed by atoms with Crippen LogP contribution in [-0.4, -0.2) is 19.0 Å². The van der Waals surface area contributed by atoms with Gasteiger partial charge in [-0.15, -0.1) is 0 Å². The van der Waals surface area contributed by atoms with E-state index in [4.69, 9.17) is 5.73 Å². The molecule has 1 unspecified atom stereocenters. The maximum atomic E-state index is 11.8. The number of hydrogen-bond donors (Lipinski definition) is 2. The zero-order valence-electron chi connectivity index (χ0n) is 13.1. The van der Waals surface area contributed by atoms with E-state index in [1.165, 1.54) is 0 Å². The molecule has 0 aromatic rings. The average Bonchev–Trinajstić information content (AvgIpc) is 2.21. The highest BCUT2D eigenvalue weighted by Gasteiger charge is 2.21. The van der Waals surface area contributed by atoms with Crippen LogP contribution in [0.3, 0.4) is 0 Å². The van der Waals surface area contributed by atoms with Gasteiger partial charge >= 0.3 is 0 Å². The lowest BCUT2D eigenvalue weighted by Gasteiger charge is -2.28. The second-order valence-electron chi connectivity index (χ2n) is 7.27. The largest absolute Gasteiger partial charge is 0.356 e. The zero-order chi connectivity index (χ0) is 14.4. The number of carbonyl (C=O) groups excluding carboxylic acids is 1. The Bertz CT molecular complexity index is 254. The maximum absolute atomic E-state index is 11.8. The van der Waals surface area contributed by atoms with Gasteiger partial charge in [-0.25, -0.2) is 0 Å². The molecule has 0 saturated heterocycles. The Morgan fingerprint density at radius 1 is 1.17 bits per heavy atom. The van der Waals surface area contributed by atoms with Crippen LogP contribution in [0.1, 0.15) is 60.8 Å². The minimum Gasteiger partial charge on any atom is -0.356 e. The standard InChI is InChI=1S/C15H32N2O/c1-12(14(2,3)4)11-17-13(18)7-8-15(5,6)9-10-16/h12H,7-11,16H2,1-6H3,(H,17,18). The van der Waals surface area contributed by atoms with E-state index in [1.807, 2.05) is 0 Å². The first-order valence-electron chi connectivity index (χ1n) is 7.05. The molecule has 1 amide bonds. The van der Waals surface area contributed by atoms with E-state index in [0.717, 1.165) is 19.4 Å². The zero-order valence-corrected chi connectivity index (χ0v) is 13.1. The number of amides is 1. The second kappa shape index (κ2) is 7.13. The molecule has 1 atom stereocenters. The van der Waals surface area contributed by atoms with Gasteiger partial charge < -0.3 is 11.1 Å². The molecular formula is C15H32N2O. The van der Waals surface area contributed by atoms with Gasteiger partial charge in [0.05, 0.1) is 0 Å². The molecule has 0 heterocycles. The van der Waals surface area contributed by atoms with E-state index in [9.17, 15) is 4.79 Å². The highest BCUT2D eigenvalue weighted by molar-refractivity contribution is 5.75. The van der Waals surface area contributed by atoms with Crippen LogP contribution < -0.4 is 11.1 Å². The van der Waals surface area contributed by atoms with Crippen molar-refractivity contribution in [2.45, 2.75) is 60.8 Å². The van der Waals surface area contributed by atoms with Crippen LogP contribution in [0, 0.1) is 16.7 Å². The average molecular weight is 256 g/mol. The fourth-order valence-electron chi connectivity index (χ4n) is 1.63. The predicted octanol–water partition coefficient (Wildman–Crippen LogP) is 2.94. The molecule has 3 N–H and O–H groups in total. The molecule has 108 valence electrons. The molecule has 0 aliphatic heterocycles. The molecule has 0 aromatic heterocycles. The van der Waals surface area contributed by atoms with Gasteiger partial charge in [-0.05, 0) is 36.1 Å². The summed E-state index contributed by atoms with van der Waals surface area (Å²) in [5, 5.41) is 3.03. The summed E-state index contributed by atoms with van der Waals surface area (Å²) in [4.78, 5) is 11.8. The molecule has 0 aliphatic carbocycles. The second-order valence-corrected chi connectivity index (χ2v) is 7.27. The van der Waals surface area contributed by atoms with Gasteiger partial charge in [0.25, 0.3) is 0 Å². The third-order valence-corrected chi connectivity index (χ3v) is 3.93. The van der Waals surface area contributed by atoms with Crippen molar-refractivity contribution < 1.29 is 4.79 Å². The smallest absolute Gasteiger partial charge is 0.220 e. The Morgan fingerprint density at radius 2 is 1.72 bits per heavy atom. The fraction of sp³-hybridized carbons (Fsp3) is 0.933. The van der Waals surface area contributed by atoms with Crippen molar-refractivity contribution >= 4 is 5.91 Å². The summed E-state index contributed by atoms with van der Waals surface area (Å²) < 4.78 is 0. The van der Waals surface area contributed by atoms with Crippen LogP contribution in [-0.2, 0) is 4.79 Å². The summed E-state index contributed by atoms with van der Waals surface area (Å²) in [5.41, 5.74) is 5.98. The maximum Gasteiger partial charge on any atom is 0.220 e. The lowest BCUT2D eigenvalue weighted by Crippen LogP contribution is -2.34. The third kappa shape index (κ3) is 7.70. The molecule has 0 radical (unpaired) electrons. The van der Waals surface area contributed by atoms with E-state index in [-0.39, 0.29) is 16.7 Å². The molecule has 3 nitrogen and oxygen atoms in total. The van der Waals surface area contributed by atoms with Crippen LogP contribution in [0.15, 0.2) is 0 Å². The van der Waals surface area contributed by atoms with Gasteiger partial charge in [0.1, 0.15) is 0 Å². The van der Waals surface area contributed by atoms with Crippen molar-refractivity contribution in [3.05, 3.63) is 0 Å². The topological polar surface area (TPSA) is 55.1 Å². The Hall–Kier alpha value is -0.570. The van der Waals surface area contributed by atoms with Crippen LogP contribution in [0.5, 0.6) is 0 Å². The first kappa shape index (κ1) is 17.4. The third-order valence-electron chi connectivity index (χ3n) is 3.93. The molecule has 0 aliphatic rings. The summed E-state index contributed by atoms with van der Waals surface area (Å²) in [7, 11) is 0. The molecule has 0 fully saturated rings. The summed E-state index contributed by atoms with van der Waals surface area (Å²) in [6.07, 6.45) is 2.47. The van der Waals surface area contributed by atoms with E-state index >= 15 is 0 Å². The SMILES string of the molecule is CC(CNC(=O)CCC(C)(C)CCN)C(C)(C)C. The number of hydrogen-bond acceptors (Lipinski definition) is 2. The molecule has 0 spiro atoms. The molecule has 3 heteroatoms. The minimum atomic E-state index is 0.163. The molecule has 0 rings (SSSR count). The predicted molar refractivity (Wildman–Crippen MR) is 78.3 cm³/mol. The van der Waals surface area contributed by atoms with E-state index in [2.05, 4.69) is 46.9 Å². The lowest BCUT2D eigenvalue weighted by molar-refractivity contribution is -0.122. The van der Waals surface area contributed by atoms with E-state index in [1.54, 1.807) is 0 Å². The van der Waals surface area contributed by atoms with Crippen molar-refractivity contribution in [3.8, 4) is 0 Å². The summed E-state index contributed by atoms with van der Waals surface area (Å²) in [5.74, 6) is 0.648. The van der Waals surface area contributed by atoms with E-state index in [0.29, 0.717) is 18.9 Å². The van der Waals surface area contributed by atoms with Crippen LogP contribution in [0.4, 0.5) is 0 Å². The minimum absolute atomic E-state index is 0.163. The summed E-state index contributed by atoms with van der Waals surface area (Å²) in [6.45, 7) is 14.6. The van der Waals surface area contributed by atoms with Crippen LogP contribution in [0.25, 0.3) is 0 Å². The highest BCUT2D eigenvalue weighted by Crippen LogP contribution is 2.26. The quantitative estimate of drug-likeness (QED) is 0.736. The number of nitrogens with one attached hydrogen (secondary N) is 1. The fourth-order valence-corrected chi connectivity index (χ4v) is 1.63. The van der Waals surface area contributed by atoms with Crippen molar-refractivity contribution in [2.24, 2.45) is 22.5 Å². The molecule has 18 heavy (non-hydrogen) atoms. The first-order chi connectivity index (χ1) is 8.08. The number of carbonyl (C=O) groups is 1. The normalized spacial score (nSPS) is 14.4. The van der Waals surface area contributed by atoms with Gasteiger partial charge in [-0.3, -0.25) is 4.79 Å². The Morgan fingerprint density at radius 3 is 2.17 bits per heavy atom. The van der Waals surface area contributed by atoms with Crippen LogP contribution in [0.2, 0.25) is 0 Å². The molecular weight excluding hydrogens is 224 g/mol. The van der Waals surface area contributed by atoms with Crippen molar-refractivity contribution in [1.29, 1.82) is 0 Å². The van der Waals surface area contributed by atoms with Gasteiger partial charge in [0.2, 0.25) is 5.91 Å². The van der Waals surface area contributed by atoms with Crippen molar-refractivity contribution in [3.63, 3.8) is 0 Å². The Kier molecular flexibility index (Phi) is 6.90. The Labute approximate surface area is 113 Å². The molecule has 0 saturated carbocycles. The summed E-state index contributed by atoms with van der Waals surface area (Å²) in [6, 6.07) is 0. The van der Waals surface area contributed by atoms with Gasteiger partial charge in [-0.2, -0.15) is 0 Å². The van der Waals surface area contributed by atoms with Crippen molar-refractivity contribution in [1.82, 2.24) is 5.32 Å². The lowest BCUT2D eigenvalue weighted by atomic mass is 9.82. The number of rotatable bonds is 7. The van der Waals surface area contributed by atoms with Crippen LogP contribution >= 0.6 is 0 Å². The van der Waals surface area contributed by atoms with Crippen molar-refractivity contribution in [2.75, 3.05) is 13.1 Å². The monoisotopic (exact) mass is 256 g/mol. The first-order valence-corrected chi connectivity index (χ1v) is 7.05. The van der Waals surface area contributed by atoms with Gasteiger partial charge in [0.15, 0.2) is 0 Å². The number of nitrogens with two attached hydrogens (primary N) is 1. The Balaban J connectivity index is 3.93. The van der Waals surface area contributed by atoms with Gasteiger partial charge in [-0.1, -0.05) is 41.5 Å². The van der Waals surface area contributed by atoms with Gasteiger partial charge in [0, 0.05) is 13.0 Å². The molecule has 0 aromatic carbocycles. The summed E-state index contributed by atoms with van der Waals surface area (Å²) >= 11 is 0. The van der Waals surface area contributed by atoms with E-state index < -0.39 is 0 Å². The molecule has 0 bridgehead atoms.